The van der Waals surface area contributed by atoms with Gasteiger partial charge in [-0.3, -0.25) is 0 Å². The maximum absolute atomic E-state index is 13.4. The Balaban J connectivity index is 2.70. The van der Waals surface area contributed by atoms with E-state index >= 15 is 0 Å². The molecule has 5 nitrogen and oxygen atoms in total. The molecule has 0 amide bonds. The van der Waals surface area contributed by atoms with Crippen molar-refractivity contribution in [1.29, 1.82) is 0 Å². The highest BCUT2D eigenvalue weighted by Crippen LogP contribution is 2.35. The van der Waals surface area contributed by atoms with E-state index in [2.05, 4.69) is 28.5 Å². The van der Waals surface area contributed by atoms with Crippen LogP contribution >= 0.6 is 0 Å². The van der Waals surface area contributed by atoms with Crippen molar-refractivity contribution in [2.24, 2.45) is 0 Å². The molecule has 1 heterocycles. The lowest BCUT2D eigenvalue weighted by Gasteiger charge is -2.23. The topological polar surface area (TPSA) is 72.0 Å². The maximum Gasteiger partial charge on any atom is 0.264 e. The molecule has 0 bridgehead atoms. The van der Waals surface area contributed by atoms with Gasteiger partial charge < -0.3 is 0 Å². The standard InChI is InChI=1S/C21H31N3O2S/c1-12(2)17-10-18(13(3)4)20(19(11-17)14(5)6)27(25,26)24-21-22-15(7)9-16(8)23-21/h9-14H,1-8H3,(H,22,23,24). The van der Waals surface area contributed by atoms with Gasteiger partial charge in [0.05, 0.1) is 4.90 Å². The first kappa shape index (κ1) is 21.4. The lowest BCUT2D eigenvalue weighted by Crippen LogP contribution is -2.20. The third kappa shape index (κ3) is 4.86. The first-order chi connectivity index (χ1) is 12.4. The second-order valence-corrected chi connectivity index (χ2v) is 9.69. The fourth-order valence-corrected chi connectivity index (χ4v) is 4.79. The van der Waals surface area contributed by atoms with E-state index in [0.717, 1.165) is 28.1 Å². The van der Waals surface area contributed by atoms with Gasteiger partial charge in [0.15, 0.2) is 0 Å². The molecule has 1 aromatic carbocycles. The first-order valence-electron chi connectivity index (χ1n) is 9.45. The van der Waals surface area contributed by atoms with Crippen molar-refractivity contribution in [3.8, 4) is 0 Å². The van der Waals surface area contributed by atoms with Crippen molar-refractivity contribution in [2.75, 3.05) is 4.72 Å². The van der Waals surface area contributed by atoms with Crippen LogP contribution in [0.4, 0.5) is 5.95 Å². The number of aromatic nitrogens is 2. The number of hydrogen-bond acceptors (Lipinski definition) is 4. The van der Waals surface area contributed by atoms with Crippen LogP contribution < -0.4 is 4.72 Å². The van der Waals surface area contributed by atoms with Crippen LogP contribution in [0.25, 0.3) is 0 Å². The Hall–Kier alpha value is -1.95. The van der Waals surface area contributed by atoms with E-state index in [1.807, 2.05) is 59.7 Å². The third-order valence-corrected chi connectivity index (χ3v) is 6.02. The number of nitrogens with one attached hydrogen (secondary N) is 1. The van der Waals surface area contributed by atoms with Crippen LogP contribution in [-0.2, 0) is 10.0 Å². The molecule has 2 aromatic rings. The van der Waals surface area contributed by atoms with Crippen LogP contribution in [0, 0.1) is 13.8 Å². The molecule has 0 aliphatic carbocycles. The van der Waals surface area contributed by atoms with Gasteiger partial charge in [-0.25, -0.2) is 23.1 Å². The summed E-state index contributed by atoms with van der Waals surface area (Å²) in [6.45, 7) is 16.0. The van der Waals surface area contributed by atoms with Gasteiger partial charge >= 0.3 is 0 Å². The molecule has 0 aliphatic heterocycles. The third-order valence-electron chi connectivity index (χ3n) is 4.56. The molecule has 0 radical (unpaired) electrons. The molecule has 0 fully saturated rings. The van der Waals surface area contributed by atoms with Crippen LogP contribution in [0.2, 0.25) is 0 Å². The predicted octanol–water partition coefficient (Wildman–Crippen LogP) is 5.26. The zero-order valence-electron chi connectivity index (χ0n) is 17.6. The fourth-order valence-electron chi connectivity index (χ4n) is 3.14. The highest BCUT2D eigenvalue weighted by molar-refractivity contribution is 7.92. The van der Waals surface area contributed by atoms with Crippen molar-refractivity contribution in [2.45, 2.75) is 78.0 Å². The van der Waals surface area contributed by atoms with E-state index in [-0.39, 0.29) is 17.8 Å². The van der Waals surface area contributed by atoms with E-state index in [1.54, 1.807) is 0 Å². The Morgan fingerprint density at radius 2 is 1.22 bits per heavy atom. The molecule has 0 saturated carbocycles. The van der Waals surface area contributed by atoms with E-state index < -0.39 is 10.0 Å². The smallest absolute Gasteiger partial charge is 0.247 e. The van der Waals surface area contributed by atoms with Crippen molar-refractivity contribution < 1.29 is 8.42 Å². The average Bonchev–Trinajstić information content (AvgIpc) is 2.51. The van der Waals surface area contributed by atoms with Gasteiger partial charge in [-0.2, -0.15) is 0 Å². The van der Waals surface area contributed by atoms with Gasteiger partial charge in [-0.05, 0) is 54.4 Å². The quantitative estimate of drug-likeness (QED) is 0.731. The molecule has 0 unspecified atom stereocenters. The lowest BCUT2D eigenvalue weighted by molar-refractivity contribution is 0.595. The Labute approximate surface area is 163 Å². The molecular weight excluding hydrogens is 358 g/mol. The average molecular weight is 390 g/mol. The van der Waals surface area contributed by atoms with Crippen molar-refractivity contribution in [3.63, 3.8) is 0 Å². The molecule has 0 aliphatic rings. The number of rotatable bonds is 6. The number of sulfonamides is 1. The van der Waals surface area contributed by atoms with Gasteiger partial charge in [0.1, 0.15) is 0 Å². The summed E-state index contributed by atoms with van der Waals surface area (Å²) in [6.07, 6.45) is 0. The number of nitrogens with zero attached hydrogens (tertiary/aromatic N) is 2. The monoisotopic (exact) mass is 389 g/mol. The molecule has 2 rings (SSSR count). The van der Waals surface area contributed by atoms with Crippen LogP contribution in [0.15, 0.2) is 23.1 Å². The summed E-state index contributed by atoms with van der Waals surface area (Å²) in [7, 11) is -3.82. The molecule has 1 aromatic heterocycles. The van der Waals surface area contributed by atoms with Gasteiger partial charge in [-0.1, -0.05) is 53.7 Å². The molecule has 0 spiro atoms. The predicted molar refractivity (Wildman–Crippen MR) is 111 cm³/mol. The molecular formula is C21H31N3O2S. The van der Waals surface area contributed by atoms with Crippen LogP contribution in [0.3, 0.4) is 0 Å². The van der Waals surface area contributed by atoms with Gasteiger partial charge in [0.25, 0.3) is 10.0 Å². The summed E-state index contributed by atoms with van der Waals surface area (Å²) in [5, 5.41) is 0. The zero-order valence-corrected chi connectivity index (χ0v) is 18.4. The van der Waals surface area contributed by atoms with Gasteiger partial charge in [0, 0.05) is 11.4 Å². The Bertz CT molecular complexity index is 883. The number of anilines is 1. The minimum absolute atomic E-state index is 0.0768. The van der Waals surface area contributed by atoms with E-state index in [0.29, 0.717) is 10.8 Å². The summed E-state index contributed by atoms with van der Waals surface area (Å²) in [4.78, 5) is 8.84. The summed E-state index contributed by atoms with van der Waals surface area (Å²) in [6, 6.07) is 5.87. The highest BCUT2D eigenvalue weighted by Gasteiger charge is 2.27. The molecule has 0 saturated heterocycles. The molecule has 27 heavy (non-hydrogen) atoms. The number of hydrogen-bond donors (Lipinski definition) is 1. The van der Waals surface area contributed by atoms with E-state index in [1.165, 1.54) is 0 Å². The van der Waals surface area contributed by atoms with Crippen LogP contribution in [-0.4, -0.2) is 18.4 Å². The Morgan fingerprint density at radius 3 is 1.59 bits per heavy atom. The summed E-state index contributed by atoms with van der Waals surface area (Å²) in [5.74, 6) is 0.596. The first-order valence-corrected chi connectivity index (χ1v) is 10.9. The summed E-state index contributed by atoms with van der Waals surface area (Å²) in [5.41, 5.74) is 4.28. The van der Waals surface area contributed by atoms with Crippen LogP contribution in [0.5, 0.6) is 0 Å². The minimum Gasteiger partial charge on any atom is -0.247 e. The Kier molecular flexibility index (Phi) is 6.30. The highest BCUT2D eigenvalue weighted by atomic mass is 32.2. The zero-order chi connectivity index (χ0) is 20.5. The fraction of sp³-hybridized carbons (Fsp3) is 0.524. The molecule has 1 N–H and O–H groups in total. The van der Waals surface area contributed by atoms with Gasteiger partial charge in [-0.15, -0.1) is 0 Å². The van der Waals surface area contributed by atoms with E-state index in [9.17, 15) is 8.42 Å². The number of aryl methyl sites for hydroxylation is 2. The number of benzene rings is 1. The van der Waals surface area contributed by atoms with Crippen molar-refractivity contribution >= 4 is 16.0 Å². The Morgan fingerprint density at radius 1 is 0.778 bits per heavy atom. The SMILES string of the molecule is Cc1cc(C)nc(NS(=O)(=O)c2c(C(C)C)cc(C(C)C)cc2C(C)C)n1. The van der Waals surface area contributed by atoms with Crippen molar-refractivity contribution in [3.05, 3.63) is 46.3 Å². The largest absolute Gasteiger partial charge is 0.264 e. The molecule has 0 atom stereocenters. The second kappa shape index (κ2) is 7.97. The van der Waals surface area contributed by atoms with Gasteiger partial charge in [0.2, 0.25) is 5.95 Å². The maximum atomic E-state index is 13.4. The summed E-state index contributed by atoms with van der Waals surface area (Å²) < 4.78 is 29.3. The minimum atomic E-state index is -3.82. The normalized spacial score (nSPS) is 12.3. The second-order valence-electron chi connectivity index (χ2n) is 8.07. The summed E-state index contributed by atoms with van der Waals surface area (Å²) >= 11 is 0. The van der Waals surface area contributed by atoms with Crippen molar-refractivity contribution in [1.82, 2.24) is 9.97 Å². The lowest BCUT2D eigenvalue weighted by atomic mass is 9.89. The van der Waals surface area contributed by atoms with E-state index in [4.69, 9.17) is 0 Å². The van der Waals surface area contributed by atoms with Crippen LogP contribution in [0.1, 0.15) is 87.4 Å². The molecule has 6 heteroatoms. The molecule has 148 valence electrons.